The molecule has 0 radical (unpaired) electrons. The highest BCUT2D eigenvalue weighted by molar-refractivity contribution is 9.09. The summed E-state index contributed by atoms with van der Waals surface area (Å²) in [6, 6.07) is 0. The molecule has 0 aliphatic rings. The smallest absolute Gasteiger partial charge is 0.0662 e. The number of aliphatic hydroxyl groups excluding tert-OH is 1. The fraction of sp³-hybridized carbons (Fsp3) is 1.00. The molecule has 0 saturated carbocycles. The highest BCUT2D eigenvalue weighted by Crippen LogP contribution is 2.14. The van der Waals surface area contributed by atoms with Gasteiger partial charge in [-0.25, -0.2) is 0 Å². The van der Waals surface area contributed by atoms with Crippen molar-refractivity contribution in [2.24, 2.45) is 0 Å². The van der Waals surface area contributed by atoms with Gasteiger partial charge in [0.25, 0.3) is 0 Å². The SMILES string of the molecule is CCCC(Br)C(O)CC. The second-order valence-electron chi connectivity index (χ2n) is 2.28. The number of aliphatic hydroxyl groups is 1. The number of halogens is 1. The van der Waals surface area contributed by atoms with Crippen LogP contribution in [0.5, 0.6) is 0 Å². The minimum Gasteiger partial charge on any atom is -0.392 e. The van der Waals surface area contributed by atoms with Gasteiger partial charge in [-0.3, -0.25) is 0 Å². The summed E-state index contributed by atoms with van der Waals surface area (Å²) in [5.74, 6) is 0. The van der Waals surface area contributed by atoms with E-state index < -0.39 is 0 Å². The van der Waals surface area contributed by atoms with Crippen molar-refractivity contribution in [1.82, 2.24) is 0 Å². The monoisotopic (exact) mass is 194 g/mol. The Hall–Kier alpha value is 0.440. The van der Waals surface area contributed by atoms with Gasteiger partial charge in [-0.05, 0) is 12.8 Å². The summed E-state index contributed by atoms with van der Waals surface area (Å²) in [5, 5.41) is 9.21. The van der Waals surface area contributed by atoms with Crippen LogP contribution in [0.3, 0.4) is 0 Å². The van der Waals surface area contributed by atoms with E-state index in [1.54, 1.807) is 0 Å². The highest BCUT2D eigenvalue weighted by atomic mass is 79.9. The van der Waals surface area contributed by atoms with Crippen LogP contribution in [0.15, 0.2) is 0 Å². The van der Waals surface area contributed by atoms with Crippen LogP contribution in [-0.2, 0) is 0 Å². The van der Waals surface area contributed by atoms with Crippen molar-refractivity contribution in [3.63, 3.8) is 0 Å². The Bertz CT molecular complexity index is 65.9. The molecule has 1 N–H and O–H groups in total. The lowest BCUT2D eigenvalue weighted by molar-refractivity contribution is 0.165. The standard InChI is InChI=1S/C7H15BrO/c1-3-5-6(8)7(9)4-2/h6-7,9H,3-5H2,1-2H3. The second-order valence-corrected chi connectivity index (χ2v) is 3.46. The van der Waals surface area contributed by atoms with Crippen LogP contribution in [-0.4, -0.2) is 16.0 Å². The van der Waals surface area contributed by atoms with Gasteiger partial charge in [0, 0.05) is 4.83 Å². The van der Waals surface area contributed by atoms with Crippen LogP contribution in [0, 0.1) is 0 Å². The fourth-order valence-electron chi connectivity index (χ4n) is 0.724. The molecular weight excluding hydrogens is 180 g/mol. The lowest BCUT2D eigenvalue weighted by Gasteiger charge is -2.13. The third kappa shape index (κ3) is 3.93. The first-order valence-electron chi connectivity index (χ1n) is 3.54. The van der Waals surface area contributed by atoms with E-state index in [2.05, 4.69) is 22.9 Å². The van der Waals surface area contributed by atoms with E-state index in [-0.39, 0.29) is 6.10 Å². The van der Waals surface area contributed by atoms with Gasteiger partial charge in [0.15, 0.2) is 0 Å². The topological polar surface area (TPSA) is 20.2 Å². The van der Waals surface area contributed by atoms with Gasteiger partial charge in [-0.2, -0.15) is 0 Å². The lowest BCUT2D eigenvalue weighted by Crippen LogP contribution is -2.18. The molecule has 2 heteroatoms. The summed E-state index contributed by atoms with van der Waals surface area (Å²) in [6.45, 7) is 4.12. The van der Waals surface area contributed by atoms with E-state index in [1.807, 2.05) is 6.92 Å². The maximum atomic E-state index is 9.21. The van der Waals surface area contributed by atoms with Crippen molar-refractivity contribution in [2.45, 2.75) is 44.0 Å². The number of hydrogen-bond acceptors (Lipinski definition) is 1. The molecule has 1 nitrogen and oxygen atoms in total. The largest absolute Gasteiger partial charge is 0.392 e. The molecule has 0 aliphatic heterocycles. The third-order valence-corrected chi connectivity index (χ3v) is 2.47. The maximum absolute atomic E-state index is 9.21. The van der Waals surface area contributed by atoms with Crippen LogP contribution >= 0.6 is 15.9 Å². The predicted octanol–water partition coefficient (Wildman–Crippen LogP) is 2.32. The van der Waals surface area contributed by atoms with E-state index >= 15 is 0 Å². The zero-order chi connectivity index (χ0) is 7.28. The van der Waals surface area contributed by atoms with Crippen molar-refractivity contribution in [3.05, 3.63) is 0 Å². The molecule has 0 saturated heterocycles. The number of rotatable bonds is 4. The summed E-state index contributed by atoms with van der Waals surface area (Å²) in [4.78, 5) is 0.299. The van der Waals surface area contributed by atoms with E-state index in [0.717, 1.165) is 19.3 Å². The van der Waals surface area contributed by atoms with Gasteiger partial charge in [0.2, 0.25) is 0 Å². The zero-order valence-electron chi connectivity index (χ0n) is 6.10. The van der Waals surface area contributed by atoms with Gasteiger partial charge < -0.3 is 5.11 Å². The molecule has 2 unspecified atom stereocenters. The molecule has 0 bridgehead atoms. The van der Waals surface area contributed by atoms with E-state index in [9.17, 15) is 5.11 Å². The maximum Gasteiger partial charge on any atom is 0.0662 e. The molecule has 0 spiro atoms. The van der Waals surface area contributed by atoms with Crippen LogP contribution in [0.2, 0.25) is 0 Å². The van der Waals surface area contributed by atoms with Crippen molar-refractivity contribution in [2.75, 3.05) is 0 Å². The average molecular weight is 195 g/mol. The van der Waals surface area contributed by atoms with E-state index in [1.165, 1.54) is 0 Å². The Morgan fingerprint density at radius 2 is 2.00 bits per heavy atom. The predicted molar refractivity (Wildman–Crippen MR) is 43.9 cm³/mol. The summed E-state index contributed by atoms with van der Waals surface area (Å²) in [7, 11) is 0. The minimum atomic E-state index is -0.162. The molecule has 56 valence electrons. The van der Waals surface area contributed by atoms with Gasteiger partial charge in [-0.15, -0.1) is 0 Å². The molecule has 9 heavy (non-hydrogen) atoms. The average Bonchev–Trinajstić information content (AvgIpc) is 1.87. The van der Waals surface area contributed by atoms with E-state index in [4.69, 9.17) is 0 Å². The van der Waals surface area contributed by atoms with Crippen molar-refractivity contribution in [1.29, 1.82) is 0 Å². The Balaban J connectivity index is 3.32. The third-order valence-electron chi connectivity index (χ3n) is 1.40. The van der Waals surface area contributed by atoms with Crippen molar-refractivity contribution < 1.29 is 5.11 Å². The van der Waals surface area contributed by atoms with Crippen LogP contribution in [0.1, 0.15) is 33.1 Å². The normalized spacial score (nSPS) is 17.3. The van der Waals surface area contributed by atoms with Gasteiger partial charge in [-0.1, -0.05) is 36.2 Å². The molecule has 2 atom stereocenters. The molecule has 0 fully saturated rings. The molecule has 0 aromatic rings. The van der Waals surface area contributed by atoms with Crippen LogP contribution in [0.25, 0.3) is 0 Å². The van der Waals surface area contributed by atoms with E-state index in [0.29, 0.717) is 4.83 Å². The fourth-order valence-corrected chi connectivity index (χ4v) is 1.56. The molecule has 0 rings (SSSR count). The minimum absolute atomic E-state index is 0.162. The van der Waals surface area contributed by atoms with Gasteiger partial charge >= 0.3 is 0 Å². The second kappa shape index (κ2) is 5.24. The van der Waals surface area contributed by atoms with Crippen molar-refractivity contribution in [3.8, 4) is 0 Å². The Morgan fingerprint density at radius 3 is 2.33 bits per heavy atom. The Kier molecular flexibility index (Phi) is 5.50. The molecular formula is C7H15BrO. The van der Waals surface area contributed by atoms with Crippen molar-refractivity contribution >= 4 is 15.9 Å². The first-order valence-corrected chi connectivity index (χ1v) is 4.46. The zero-order valence-corrected chi connectivity index (χ0v) is 7.69. The van der Waals surface area contributed by atoms with Crippen LogP contribution in [0.4, 0.5) is 0 Å². The Labute approximate surface area is 65.6 Å². The lowest BCUT2D eigenvalue weighted by atomic mass is 10.1. The first-order chi connectivity index (χ1) is 4.22. The summed E-state index contributed by atoms with van der Waals surface area (Å²) < 4.78 is 0. The van der Waals surface area contributed by atoms with Crippen LogP contribution < -0.4 is 0 Å². The first kappa shape index (κ1) is 9.44. The molecule has 0 aliphatic carbocycles. The summed E-state index contributed by atoms with van der Waals surface area (Å²) in [6.07, 6.45) is 2.88. The molecule has 0 aromatic carbocycles. The quantitative estimate of drug-likeness (QED) is 0.682. The van der Waals surface area contributed by atoms with Gasteiger partial charge in [0.05, 0.1) is 6.10 Å². The number of alkyl halides is 1. The Morgan fingerprint density at radius 1 is 1.44 bits per heavy atom. The molecule has 0 amide bonds. The molecule has 0 aromatic heterocycles. The molecule has 0 heterocycles. The van der Waals surface area contributed by atoms with Gasteiger partial charge in [0.1, 0.15) is 0 Å². The summed E-state index contributed by atoms with van der Waals surface area (Å²) >= 11 is 3.41. The summed E-state index contributed by atoms with van der Waals surface area (Å²) in [5.41, 5.74) is 0. The highest BCUT2D eigenvalue weighted by Gasteiger charge is 2.11. The number of hydrogen-bond donors (Lipinski definition) is 1.